The topological polar surface area (TPSA) is 45.7 Å². The highest BCUT2D eigenvalue weighted by molar-refractivity contribution is 7.98. The predicted molar refractivity (Wildman–Crippen MR) is 112 cm³/mol. The van der Waals surface area contributed by atoms with E-state index >= 15 is 0 Å². The van der Waals surface area contributed by atoms with Crippen LogP contribution in [0.15, 0.2) is 40.7 Å². The van der Waals surface area contributed by atoms with Gasteiger partial charge in [-0.15, -0.1) is 11.3 Å². The number of ether oxygens (including phenoxy) is 1. The molecule has 1 aromatic carbocycles. The molecule has 0 bridgehead atoms. The molecule has 2 aromatic rings. The van der Waals surface area contributed by atoms with Crippen molar-refractivity contribution in [1.29, 1.82) is 0 Å². The molecule has 0 aliphatic heterocycles. The summed E-state index contributed by atoms with van der Waals surface area (Å²) in [5.41, 5.74) is 2.45. The Labute approximate surface area is 159 Å². The molecule has 0 saturated heterocycles. The van der Waals surface area contributed by atoms with Crippen molar-refractivity contribution in [2.24, 2.45) is 4.99 Å². The molecule has 2 N–H and O–H groups in total. The first-order valence-electron chi connectivity index (χ1n) is 8.42. The summed E-state index contributed by atoms with van der Waals surface area (Å²) in [6, 6.07) is 10.4. The number of aliphatic imine (C=N–C) groups is 1. The monoisotopic (exact) mass is 377 g/mol. The Morgan fingerprint density at radius 2 is 1.96 bits per heavy atom. The lowest BCUT2D eigenvalue weighted by atomic mass is 10.1. The number of rotatable bonds is 9. The number of hydrogen-bond donors (Lipinski definition) is 2. The van der Waals surface area contributed by atoms with Gasteiger partial charge in [0, 0.05) is 18.5 Å². The summed E-state index contributed by atoms with van der Waals surface area (Å²) >= 11 is 3.66. The van der Waals surface area contributed by atoms with Crippen LogP contribution in [-0.4, -0.2) is 38.7 Å². The van der Waals surface area contributed by atoms with Gasteiger partial charge >= 0.3 is 0 Å². The van der Waals surface area contributed by atoms with Gasteiger partial charge in [0.1, 0.15) is 5.75 Å². The second kappa shape index (κ2) is 11.1. The van der Waals surface area contributed by atoms with E-state index in [1.54, 1.807) is 18.4 Å². The molecule has 0 atom stereocenters. The van der Waals surface area contributed by atoms with E-state index in [1.807, 2.05) is 30.9 Å². The number of hydrogen-bond acceptors (Lipinski definition) is 4. The highest BCUT2D eigenvalue weighted by Crippen LogP contribution is 2.27. The van der Waals surface area contributed by atoms with Crippen LogP contribution in [0.4, 0.5) is 0 Å². The summed E-state index contributed by atoms with van der Waals surface area (Å²) < 4.78 is 5.21. The Morgan fingerprint density at radius 3 is 2.64 bits per heavy atom. The lowest BCUT2D eigenvalue weighted by Crippen LogP contribution is -2.37. The first-order chi connectivity index (χ1) is 12.3. The Balaban J connectivity index is 1.81. The van der Waals surface area contributed by atoms with E-state index in [0.29, 0.717) is 0 Å². The fourth-order valence-electron chi connectivity index (χ4n) is 2.38. The number of thioether (sulfide) groups is 1. The second-order valence-corrected chi connectivity index (χ2v) is 7.56. The molecule has 0 fully saturated rings. The van der Waals surface area contributed by atoms with Crippen LogP contribution in [-0.2, 0) is 6.54 Å². The molecule has 6 heteroatoms. The second-order valence-electron chi connectivity index (χ2n) is 5.58. The van der Waals surface area contributed by atoms with E-state index in [0.717, 1.165) is 24.8 Å². The third-order valence-corrected chi connectivity index (χ3v) is 5.43. The SMILES string of the molecule is CN=C(NCCCCSC)NCc1cc(-c2ccc(OC)cc2)cs1. The molecule has 136 valence electrons. The molecule has 4 nitrogen and oxygen atoms in total. The number of nitrogens with zero attached hydrogens (tertiary/aromatic N) is 1. The summed E-state index contributed by atoms with van der Waals surface area (Å²) in [4.78, 5) is 5.57. The van der Waals surface area contributed by atoms with Gasteiger partial charge in [-0.05, 0) is 59.6 Å². The van der Waals surface area contributed by atoms with Crippen LogP contribution in [0.1, 0.15) is 17.7 Å². The van der Waals surface area contributed by atoms with Gasteiger partial charge in [0.05, 0.1) is 13.7 Å². The fourth-order valence-corrected chi connectivity index (χ4v) is 3.70. The average molecular weight is 378 g/mol. The Morgan fingerprint density at radius 1 is 1.16 bits per heavy atom. The zero-order chi connectivity index (χ0) is 17.9. The van der Waals surface area contributed by atoms with Crippen molar-refractivity contribution >= 4 is 29.1 Å². The number of methoxy groups -OCH3 is 1. The van der Waals surface area contributed by atoms with Crippen LogP contribution < -0.4 is 15.4 Å². The van der Waals surface area contributed by atoms with Crippen molar-refractivity contribution in [2.75, 3.05) is 32.7 Å². The predicted octanol–water partition coefficient (Wildman–Crippen LogP) is 4.23. The Kier molecular flexibility index (Phi) is 8.69. The maximum Gasteiger partial charge on any atom is 0.191 e. The van der Waals surface area contributed by atoms with Crippen molar-refractivity contribution < 1.29 is 4.74 Å². The molecule has 0 aliphatic carbocycles. The van der Waals surface area contributed by atoms with E-state index in [-0.39, 0.29) is 0 Å². The van der Waals surface area contributed by atoms with Gasteiger partial charge in [-0.2, -0.15) is 11.8 Å². The summed E-state index contributed by atoms with van der Waals surface area (Å²) in [7, 11) is 3.50. The first-order valence-corrected chi connectivity index (χ1v) is 10.7. The van der Waals surface area contributed by atoms with Gasteiger partial charge in [0.25, 0.3) is 0 Å². The number of unbranched alkanes of at least 4 members (excludes halogenated alkanes) is 1. The summed E-state index contributed by atoms with van der Waals surface area (Å²) in [6.07, 6.45) is 4.55. The van der Waals surface area contributed by atoms with E-state index in [1.165, 1.54) is 34.6 Å². The quantitative estimate of drug-likeness (QED) is 0.390. The van der Waals surface area contributed by atoms with Crippen LogP contribution in [0.3, 0.4) is 0 Å². The lowest BCUT2D eigenvalue weighted by Gasteiger charge is -2.10. The normalized spacial score (nSPS) is 11.4. The van der Waals surface area contributed by atoms with Crippen LogP contribution in [0.5, 0.6) is 5.75 Å². The molecule has 0 saturated carbocycles. The maximum absolute atomic E-state index is 5.21. The minimum atomic E-state index is 0.783. The van der Waals surface area contributed by atoms with E-state index in [9.17, 15) is 0 Å². The molecule has 1 aromatic heterocycles. The number of nitrogens with one attached hydrogen (secondary N) is 2. The van der Waals surface area contributed by atoms with Crippen LogP contribution in [0.25, 0.3) is 11.1 Å². The zero-order valence-corrected chi connectivity index (χ0v) is 16.8. The Bertz CT molecular complexity index is 653. The zero-order valence-electron chi connectivity index (χ0n) is 15.2. The van der Waals surface area contributed by atoms with Crippen LogP contribution in [0, 0.1) is 0 Å². The summed E-state index contributed by atoms with van der Waals surface area (Å²) in [5.74, 6) is 2.97. The minimum absolute atomic E-state index is 0.783. The lowest BCUT2D eigenvalue weighted by molar-refractivity contribution is 0.415. The van der Waals surface area contributed by atoms with Gasteiger partial charge in [-0.1, -0.05) is 12.1 Å². The molecular weight excluding hydrogens is 350 g/mol. The fraction of sp³-hybridized carbons (Fsp3) is 0.421. The summed E-state index contributed by atoms with van der Waals surface area (Å²) in [6.45, 7) is 1.74. The number of benzene rings is 1. The third kappa shape index (κ3) is 6.63. The smallest absolute Gasteiger partial charge is 0.191 e. The molecule has 0 spiro atoms. The number of thiophene rings is 1. The molecule has 0 unspecified atom stereocenters. The van der Waals surface area contributed by atoms with Crippen molar-refractivity contribution in [3.63, 3.8) is 0 Å². The highest BCUT2D eigenvalue weighted by Gasteiger charge is 2.04. The molecule has 1 heterocycles. The van der Waals surface area contributed by atoms with Crippen molar-refractivity contribution in [3.8, 4) is 16.9 Å². The Hall–Kier alpha value is -1.66. The minimum Gasteiger partial charge on any atom is -0.497 e. The molecule has 2 rings (SSSR count). The van der Waals surface area contributed by atoms with E-state index in [4.69, 9.17) is 4.74 Å². The van der Waals surface area contributed by atoms with Gasteiger partial charge < -0.3 is 15.4 Å². The van der Waals surface area contributed by atoms with Crippen molar-refractivity contribution in [2.45, 2.75) is 19.4 Å². The standard InChI is InChI=1S/C19H27N3OS2/c1-20-19(21-10-4-5-11-24-3)22-13-18-12-16(14-25-18)15-6-8-17(23-2)9-7-15/h6-9,12,14H,4-5,10-11,13H2,1-3H3,(H2,20,21,22). The van der Waals surface area contributed by atoms with Crippen molar-refractivity contribution in [3.05, 3.63) is 40.6 Å². The molecular formula is C19H27N3OS2. The maximum atomic E-state index is 5.21. The van der Waals surface area contributed by atoms with Gasteiger partial charge in [-0.25, -0.2) is 0 Å². The molecule has 0 amide bonds. The van der Waals surface area contributed by atoms with Crippen LogP contribution in [0.2, 0.25) is 0 Å². The van der Waals surface area contributed by atoms with E-state index < -0.39 is 0 Å². The van der Waals surface area contributed by atoms with Gasteiger partial charge in [0.15, 0.2) is 5.96 Å². The molecule has 0 radical (unpaired) electrons. The first kappa shape index (κ1) is 19.7. The average Bonchev–Trinajstić information content (AvgIpc) is 3.13. The van der Waals surface area contributed by atoms with Crippen LogP contribution >= 0.6 is 23.1 Å². The van der Waals surface area contributed by atoms with Gasteiger partial charge in [-0.3, -0.25) is 4.99 Å². The molecule has 0 aliphatic rings. The van der Waals surface area contributed by atoms with Crippen molar-refractivity contribution in [1.82, 2.24) is 10.6 Å². The number of guanidine groups is 1. The van der Waals surface area contributed by atoms with E-state index in [2.05, 4.69) is 45.5 Å². The third-order valence-electron chi connectivity index (χ3n) is 3.80. The molecule has 25 heavy (non-hydrogen) atoms. The summed E-state index contributed by atoms with van der Waals surface area (Å²) in [5, 5.41) is 8.95. The van der Waals surface area contributed by atoms with Gasteiger partial charge in [0.2, 0.25) is 0 Å². The highest BCUT2D eigenvalue weighted by atomic mass is 32.2. The largest absolute Gasteiger partial charge is 0.497 e.